The van der Waals surface area contributed by atoms with E-state index >= 15 is 0 Å². The highest BCUT2D eigenvalue weighted by molar-refractivity contribution is 14.0. The summed E-state index contributed by atoms with van der Waals surface area (Å²) in [5.74, 6) is 3.28. The normalized spacial score (nSPS) is 26.8. The SMILES string of the molecule is CCNC(=NCCC1CCCC(C)C1)N1CCC(C(=O)N2CCOCC2)CC1.I. The lowest BCUT2D eigenvalue weighted by atomic mass is 9.81. The summed E-state index contributed by atoms with van der Waals surface area (Å²) in [7, 11) is 0. The van der Waals surface area contributed by atoms with Crippen LogP contribution in [0, 0.1) is 17.8 Å². The van der Waals surface area contributed by atoms with Crippen molar-refractivity contribution in [3.63, 3.8) is 0 Å². The molecule has 3 fully saturated rings. The first-order valence-electron chi connectivity index (χ1n) is 11.6. The molecule has 1 aliphatic carbocycles. The number of amides is 1. The van der Waals surface area contributed by atoms with Gasteiger partial charge in [0.2, 0.25) is 5.91 Å². The van der Waals surface area contributed by atoms with Gasteiger partial charge in [0, 0.05) is 45.2 Å². The van der Waals surface area contributed by atoms with Crippen LogP contribution in [0.25, 0.3) is 0 Å². The molecule has 1 amide bonds. The first-order chi connectivity index (χ1) is 13.7. The molecule has 0 aromatic carbocycles. The Kier molecular flexibility index (Phi) is 11.0. The lowest BCUT2D eigenvalue weighted by molar-refractivity contribution is -0.140. The van der Waals surface area contributed by atoms with E-state index in [9.17, 15) is 4.79 Å². The summed E-state index contributed by atoms with van der Waals surface area (Å²) in [6, 6.07) is 0. The molecule has 2 aliphatic heterocycles. The fourth-order valence-corrected chi connectivity index (χ4v) is 4.98. The quantitative estimate of drug-likeness (QED) is 0.343. The molecular weight excluding hydrogens is 479 g/mol. The number of hydrogen-bond acceptors (Lipinski definition) is 3. The Morgan fingerprint density at radius 3 is 2.45 bits per heavy atom. The minimum Gasteiger partial charge on any atom is -0.378 e. The molecule has 2 saturated heterocycles. The van der Waals surface area contributed by atoms with Crippen LogP contribution >= 0.6 is 24.0 Å². The number of ether oxygens (including phenoxy) is 1. The third-order valence-electron chi connectivity index (χ3n) is 6.65. The maximum absolute atomic E-state index is 12.7. The Hall–Kier alpha value is -0.570. The summed E-state index contributed by atoms with van der Waals surface area (Å²) in [6.07, 6.45) is 8.63. The number of likely N-dealkylation sites (tertiary alicyclic amines) is 1. The molecule has 6 nitrogen and oxygen atoms in total. The third kappa shape index (κ3) is 7.56. The molecule has 2 unspecified atom stereocenters. The molecule has 29 heavy (non-hydrogen) atoms. The minimum atomic E-state index is 0. The highest BCUT2D eigenvalue weighted by Crippen LogP contribution is 2.30. The largest absolute Gasteiger partial charge is 0.378 e. The van der Waals surface area contributed by atoms with Gasteiger partial charge in [-0.1, -0.05) is 26.2 Å². The average molecular weight is 521 g/mol. The van der Waals surface area contributed by atoms with E-state index in [1.165, 1.54) is 32.1 Å². The van der Waals surface area contributed by atoms with Crippen LogP contribution < -0.4 is 5.32 Å². The summed E-state index contributed by atoms with van der Waals surface area (Å²) in [6.45, 7) is 11.1. The van der Waals surface area contributed by atoms with E-state index in [1.54, 1.807) is 0 Å². The molecule has 7 heteroatoms. The van der Waals surface area contributed by atoms with Gasteiger partial charge in [-0.2, -0.15) is 0 Å². The van der Waals surface area contributed by atoms with Crippen LogP contribution in [-0.4, -0.2) is 74.1 Å². The van der Waals surface area contributed by atoms with Gasteiger partial charge in [0.1, 0.15) is 0 Å². The fourth-order valence-electron chi connectivity index (χ4n) is 4.98. The zero-order valence-electron chi connectivity index (χ0n) is 18.4. The fraction of sp³-hybridized carbons (Fsp3) is 0.909. The van der Waals surface area contributed by atoms with Gasteiger partial charge in [-0.25, -0.2) is 0 Å². The Balaban J connectivity index is 0.00000300. The van der Waals surface area contributed by atoms with Gasteiger partial charge < -0.3 is 19.9 Å². The van der Waals surface area contributed by atoms with E-state index in [-0.39, 0.29) is 29.9 Å². The van der Waals surface area contributed by atoms with Crippen LogP contribution in [0.15, 0.2) is 4.99 Å². The molecule has 3 rings (SSSR count). The highest BCUT2D eigenvalue weighted by atomic mass is 127. The van der Waals surface area contributed by atoms with Crippen molar-refractivity contribution in [2.45, 2.75) is 58.8 Å². The van der Waals surface area contributed by atoms with Crippen molar-refractivity contribution in [1.82, 2.24) is 15.1 Å². The topological polar surface area (TPSA) is 57.2 Å². The van der Waals surface area contributed by atoms with Gasteiger partial charge in [-0.05, 0) is 44.4 Å². The van der Waals surface area contributed by atoms with E-state index in [0.717, 1.165) is 69.9 Å². The zero-order chi connectivity index (χ0) is 19.8. The number of piperidine rings is 1. The lowest BCUT2D eigenvalue weighted by Crippen LogP contribution is -2.50. The molecule has 3 aliphatic rings. The number of morpholine rings is 1. The second-order valence-electron chi connectivity index (χ2n) is 8.86. The van der Waals surface area contributed by atoms with Crippen molar-refractivity contribution in [1.29, 1.82) is 0 Å². The first kappa shape index (κ1) is 24.7. The number of rotatable bonds is 5. The lowest BCUT2D eigenvalue weighted by Gasteiger charge is -2.36. The number of guanidine groups is 1. The van der Waals surface area contributed by atoms with E-state index in [0.29, 0.717) is 19.1 Å². The van der Waals surface area contributed by atoms with Crippen molar-refractivity contribution < 1.29 is 9.53 Å². The standard InChI is InChI=1S/C22H40N4O2.HI/c1-3-23-22(24-10-7-19-6-4-5-18(2)17-19)26-11-8-20(9-12-26)21(27)25-13-15-28-16-14-25;/h18-20H,3-17H2,1-2H3,(H,23,24);1H. The molecule has 0 aromatic rings. The van der Waals surface area contributed by atoms with Gasteiger partial charge in [0.15, 0.2) is 5.96 Å². The van der Waals surface area contributed by atoms with E-state index in [4.69, 9.17) is 9.73 Å². The summed E-state index contributed by atoms with van der Waals surface area (Å²) in [5, 5.41) is 3.47. The molecule has 2 heterocycles. The average Bonchev–Trinajstić information content (AvgIpc) is 2.73. The monoisotopic (exact) mass is 520 g/mol. The number of halogens is 1. The number of nitrogens with zero attached hydrogens (tertiary/aromatic N) is 3. The van der Waals surface area contributed by atoms with Gasteiger partial charge in [0.05, 0.1) is 13.2 Å². The second-order valence-corrected chi connectivity index (χ2v) is 8.86. The summed E-state index contributed by atoms with van der Waals surface area (Å²) in [4.78, 5) is 22.0. The number of carbonyl (C=O) groups excluding carboxylic acids is 1. The summed E-state index contributed by atoms with van der Waals surface area (Å²) >= 11 is 0. The Labute approximate surface area is 194 Å². The minimum absolute atomic E-state index is 0. The smallest absolute Gasteiger partial charge is 0.225 e. The maximum atomic E-state index is 12.7. The molecule has 2 atom stereocenters. The molecule has 0 radical (unpaired) electrons. The number of nitrogens with one attached hydrogen (secondary N) is 1. The molecular formula is C22H41IN4O2. The molecule has 1 N–H and O–H groups in total. The van der Waals surface area contributed by atoms with Crippen molar-refractivity contribution in [2.75, 3.05) is 52.5 Å². The molecule has 0 spiro atoms. The van der Waals surface area contributed by atoms with Crippen LogP contribution in [0.4, 0.5) is 0 Å². The Bertz CT molecular complexity index is 517. The van der Waals surface area contributed by atoms with E-state index in [2.05, 4.69) is 24.1 Å². The van der Waals surface area contributed by atoms with Gasteiger partial charge in [-0.15, -0.1) is 24.0 Å². The van der Waals surface area contributed by atoms with Gasteiger partial charge in [0.25, 0.3) is 0 Å². The molecule has 0 bridgehead atoms. The second kappa shape index (κ2) is 13.0. The van der Waals surface area contributed by atoms with Crippen LogP contribution in [-0.2, 0) is 9.53 Å². The molecule has 1 saturated carbocycles. The van der Waals surface area contributed by atoms with Crippen LogP contribution in [0.2, 0.25) is 0 Å². The van der Waals surface area contributed by atoms with Crippen LogP contribution in [0.1, 0.15) is 58.8 Å². The van der Waals surface area contributed by atoms with Crippen molar-refractivity contribution in [2.24, 2.45) is 22.7 Å². The highest BCUT2D eigenvalue weighted by Gasteiger charge is 2.30. The maximum Gasteiger partial charge on any atom is 0.225 e. The van der Waals surface area contributed by atoms with Crippen LogP contribution in [0.3, 0.4) is 0 Å². The first-order valence-corrected chi connectivity index (χ1v) is 11.6. The van der Waals surface area contributed by atoms with Crippen LogP contribution in [0.5, 0.6) is 0 Å². The van der Waals surface area contributed by atoms with Crippen molar-refractivity contribution in [3.05, 3.63) is 0 Å². The predicted molar refractivity (Wildman–Crippen MR) is 129 cm³/mol. The Morgan fingerprint density at radius 1 is 1.07 bits per heavy atom. The van der Waals surface area contributed by atoms with E-state index < -0.39 is 0 Å². The summed E-state index contributed by atoms with van der Waals surface area (Å²) in [5.41, 5.74) is 0. The number of hydrogen-bond donors (Lipinski definition) is 1. The molecule has 168 valence electrons. The van der Waals surface area contributed by atoms with Crippen molar-refractivity contribution in [3.8, 4) is 0 Å². The van der Waals surface area contributed by atoms with E-state index in [1.807, 2.05) is 4.90 Å². The molecule has 0 aromatic heterocycles. The number of carbonyl (C=O) groups is 1. The summed E-state index contributed by atoms with van der Waals surface area (Å²) < 4.78 is 5.37. The van der Waals surface area contributed by atoms with Gasteiger partial charge in [-0.3, -0.25) is 9.79 Å². The number of aliphatic imine (C=N–C) groups is 1. The Morgan fingerprint density at radius 2 is 1.79 bits per heavy atom. The van der Waals surface area contributed by atoms with Crippen molar-refractivity contribution >= 4 is 35.8 Å². The van der Waals surface area contributed by atoms with Gasteiger partial charge >= 0.3 is 0 Å². The zero-order valence-corrected chi connectivity index (χ0v) is 20.7. The third-order valence-corrected chi connectivity index (χ3v) is 6.65. The predicted octanol–water partition coefficient (Wildman–Crippen LogP) is 3.36.